The van der Waals surface area contributed by atoms with E-state index < -0.39 is 0 Å². The predicted molar refractivity (Wildman–Crippen MR) is 145 cm³/mol. The van der Waals surface area contributed by atoms with E-state index in [0.717, 1.165) is 16.3 Å². The van der Waals surface area contributed by atoms with Crippen molar-refractivity contribution in [3.63, 3.8) is 0 Å². The Morgan fingerprint density at radius 2 is 1.71 bits per heavy atom. The molecule has 0 aliphatic heterocycles. The normalized spacial score (nSPS) is 10.9. The van der Waals surface area contributed by atoms with Crippen LogP contribution < -0.4 is 16.4 Å². The molecule has 0 saturated heterocycles. The summed E-state index contributed by atoms with van der Waals surface area (Å²) in [5, 5.41) is 7.67. The highest BCUT2D eigenvalue weighted by atomic mass is 19.1. The van der Waals surface area contributed by atoms with E-state index in [0.29, 0.717) is 47.0 Å². The summed E-state index contributed by atoms with van der Waals surface area (Å²) < 4.78 is 13.1. The number of carbonyl (C=O) groups is 2. The summed E-state index contributed by atoms with van der Waals surface area (Å²) in [6.07, 6.45) is 4.00. The van der Waals surface area contributed by atoms with E-state index in [4.69, 9.17) is 5.73 Å². The van der Waals surface area contributed by atoms with Crippen molar-refractivity contribution < 1.29 is 14.0 Å². The van der Waals surface area contributed by atoms with Crippen molar-refractivity contribution in [1.82, 2.24) is 20.3 Å². The van der Waals surface area contributed by atoms with Crippen LogP contribution in [0.1, 0.15) is 15.9 Å². The van der Waals surface area contributed by atoms with Gasteiger partial charge in [-0.05, 0) is 53.8 Å². The van der Waals surface area contributed by atoms with Crippen LogP contribution in [0, 0.1) is 5.82 Å². The number of amides is 2. The third kappa shape index (κ3) is 5.74. The zero-order valence-corrected chi connectivity index (χ0v) is 20.4. The molecule has 0 fully saturated rings. The Balaban J connectivity index is 1.39. The van der Waals surface area contributed by atoms with Crippen LogP contribution in [-0.4, -0.2) is 39.9 Å². The molecular weight excluding hydrogens is 483 g/mol. The number of halogens is 1. The van der Waals surface area contributed by atoms with Crippen molar-refractivity contribution in [1.29, 1.82) is 0 Å². The van der Waals surface area contributed by atoms with Gasteiger partial charge in [0.15, 0.2) is 5.82 Å². The van der Waals surface area contributed by atoms with E-state index in [2.05, 4.69) is 25.6 Å². The second kappa shape index (κ2) is 11.0. The van der Waals surface area contributed by atoms with Crippen LogP contribution in [0.4, 0.5) is 10.1 Å². The van der Waals surface area contributed by atoms with Gasteiger partial charge >= 0.3 is 0 Å². The molecule has 5 rings (SSSR count). The Morgan fingerprint density at radius 3 is 2.50 bits per heavy atom. The number of aromatic amines is 1. The van der Waals surface area contributed by atoms with E-state index in [1.165, 1.54) is 12.1 Å². The summed E-state index contributed by atoms with van der Waals surface area (Å²) in [6, 6.07) is 21.1. The smallest absolute Gasteiger partial charge is 0.251 e. The summed E-state index contributed by atoms with van der Waals surface area (Å²) in [5.74, 6) is -0.420. The molecule has 0 aliphatic rings. The molecule has 9 heteroatoms. The minimum atomic E-state index is -0.379. The quantitative estimate of drug-likeness (QED) is 0.249. The molecule has 2 amide bonds. The number of anilines is 1. The number of benzene rings is 3. The van der Waals surface area contributed by atoms with Crippen LogP contribution >= 0.6 is 0 Å². The molecule has 190 valence electrons. The van der Waals surface area contributed by atoms with Crippen molar-refractivity contribution in [2.24, 2.45) is 5.73 Å². The molecule has 5 aromatic rings. The fraction of sp³-hybridized carbons (Fsp3) is 0.103. The maximum absolute atomic E-state index is 13.1. The van der Waals surface area contributed by atoms with E-state index in [1.807, 2.05) is 30.3 Å². The summed E-state index contributed by atoms with van der Waals surface area (Å²) in [6.45, 7) is 0.173. The van der Waals surface area contributed by atoms with Crippen molar-refractivity contribution in [2.75, 3.05) is 18.4 Å². The predicted octanol–water partition coefficient (Wildman–Crippen LogP) is 4.30. The lowest BCUT2D eigenvalue weighted by atomic mass is 10.1. The van der Waals surface area contributed by atoms with Gasteiger partial charge in [0.1, 0.15) is 11.5 Å². The van der Waals surface area contributed by atoms with Gasteiger partial charge in [-0.1, -0.05) is 36.4 Å². The van der Waals surface area contributed by atoms with Crippen molar-refractivity contribution >= 4 is 28.3 Å². The number of nitrogens with two attached hydrogens (primary N) is 1. The molecule has 38 heavy (non-hydrogen) atoms. The number of aromatic nitrogens is 3. The van der Waals surface area contributed by atoms with Crippen LogP contribution in [0.15, 0.2) is 85.2 Å². The second-order valence-electron chi connectivity index (χ2n) is 8.75. The first-order valence-electron chi connectivity index (χ1n) is 12.1. The van der Waals surface area contributed by atoms with Crippen LogP contribution in [-0.2, 0) is 11.2 Å². The highest BCUT2D eigenvalue weighted by Crippen LogP contribution is 2.27. The zero-order valence-electron chi connectivity index (χ0n) is 20.4. The minimum absolute atomic E-state index is 0.189. The SMILES string of the molecule is NCC(=O)Nc1cc(C(=O)NCCc2ccc(F)cc2)cc(-c2cnc(-c3cc4ccccc4cn3)[nH]2)c1. The number of pyridine rings is 1. The third-order valence-electron chi connectivity index (χ3n) is 6.04. The van der Waals surface area contributed by atoms with E-state index >= 15 is 0 Å². The molecule has 0 saturated carbocycles. The maximum atomic E-state index is 13.1. The summed E-state index contributed by atoms with van der Waals surface area (Å²) in [4.78, 5) is 37.2. The van der Waals surface area contributed by atoms with Crippen LogP contribution in [0.2, 0.25) is 0 Å². The highest BCUT2D eigenvalue weighted by molar-refractivity contribution is 5.99. The van der Waals surface area contributed by atoms with Gasteiger partial charge in [0.25, 0.3) is 5.91 Å². The monoisotopic (exact) mass is 508 g/mol. The van der Waals surface area contributed by atoms with Gasteiger partial charge in [-0.2, -0.15) is 0 Å². The van der Waals surface area contributed by atoms with E-state index in [1.54, 1.807) is 42.7 Å². The van der Waals surface area contributed by atoms with Gasteiger partial charge in [0.05, 0.1) is 18.4 Å². The highest BCUT2D eigenvalue weighted by Gasteiger charge is 2.14. The molecule has 0 atom stereocenters. The lowest BCUT2D eigenvalue weighted by Crippen LogP contribution is -2.26. The molecule has 5 N–H and O–H groups in total. The Kier molecular flexibility index (Phi) is 7.19. The van der Waals surface area contributed by atoms with Crippen molar-refractivity contribution in [3.8, 4) is 22.8 Å². The first-order chi connectivity index (χ1) is 18.5. The standard InChI is InChI=1S/C29H25FN6O2/c30-23-7-5-18(6-8-23)9-10-32-29(38)22-11-21(12-24(13-22)35-27(37)15-31)26-17-34-28(36-26)25-14-19-3-1-2-4-20(19)16-33-25/h1-8,11-14,16-17H,9-10,15,31H2,(H,32,38)(H,34,36)(H,35,37). The van der Waals surface area contributed by atoms with Gasteiger partial charge < -0.3 is 21.4 Å². The van der Waals surface area contributed by atoms with Gasteiger partial charge in [0.2, 0.25) is 5.91 Å². The summed E-state index contributed by atoms with van der Waals surface area (Å²) in [7, 11) is 0. The molecule has 0 spiro atoms. The van der Waals surface area contributed by atoms with Crippen LogP contribution in [0.5, 0.6) is 0 Å². The molecule has 0 radical (unpaired) electrons. The molecule has 0 bridgehead atoms. The number of carbonyl (C=O) groups excluding carboxylic acids is 2. The van der Waals surface area contributed by atoms with E-state index in [-0.39, 0.29) is 24.2 Å². The molecule has 0 aliphatic carbocycles. The Morgan fingerprint density at radius 1 is 0.921 bits per heavy atom. The number of hydrogen-bond donors (Lipinski definition) is 4. The molecule has 2 aromatic heterocycles. The average molecular weight is 509 g/mol. The topological polar surface area (TPSA) is 126 Å². The van der Waals surface area contributed by atoms with Gasteiger partial charge in [0, 0.05) is 34.9 Å². The molecule has 3 aromatic carbocycles. The Labute approximate surface area is 218 Å². The average Bonchev–Trinajstić information content (AvgIpc) is 3.44. The van der Waals surface area contributed by atoms with Crippen molar-refractivity contribution in [3.05, 3.63) is 102 Å². The first kappa shape index (κ1) is 24.8. The summed E-state index contributed by atoms with van der Waals surface area (Å²) >= 11 is 0. The molecule has 8 nitrogen and oxygen atoms in total. The number of rotatable bonds is 8. The second-order valence-corrected chi connectivity index (χ2v) is 8.75. The maximum Gasteiger partial charge on any atom is 0.251 e. The first-order valence-corrected chi connectivity index (χ1v) is 12.1. The Hall–Kier alpha value is -4.89. The fourth-order valence-corrected chi connectivity index (χ4v) is 4.08. The summed E-state index contributed by atoms with van der Waals surface area (Å²) in [5.41, 5.74) is 9.15. The number of H-pyrrole nitrogens is 1. The lowest BCUT2D eigenvalue weighted by molar-refractivity contribution is -0.114. The molecule has 2 heterocycles. The number of fused-ring (bicyclic) bond motifs is 1. The number of hydrogen-bond acceptors (Lipinski definition) is 5. The third-order valence-corrected chi connectivity index (χ3v) is 6.04. The zero-order chi connectivity index (χ0) is 26.5. The van der Waals surface area contributed by atoms with Crippen molar-refractivity contribution in [2.45, 2.75) is 6.42 Å². The minimum Gasteiger partial charge on any atom is -0.352 e. The van der Waals surface area contributed by atoms with Gasteiger partial charge in [-0.3, -0.25) is 14.6 Å². The van der Waals surface area contributed by atoms with E-state index in [9.17, 15) is 14.0 Å². The van der Waals surface area contributed by atoms with Gasteiger partial charge in [-0.25, -0.2) is 9.37 Å². The molecular formula is C29H25FN6O2. The Bertz CT molecular complexity index is 1610. The number of nitrogens with zero attached hydrogens (tertiary/aromatic N) is 2. The largest absolute Gasteiger partial charge is 0.352 e. The number of nitrogens with one attached hydrogen (secondary N) is 3. The van der Waals surface area contributed by atoms with Crippen LogP contribution in [0.25, 0.3) is 33.5 Å². The van der Waals surface area contributed by atoms with Crippen LogP contribution in [0.3, 0.4) is 0 Å². The lowest BCUT2D eigenvalue weighted by Gasteiger charge is -2.11. The fourth-order valence-electron chi connectivity index (χ4n) is 4.08. The van der Waals surface area contributed by atoms with Gasteiger partial charge in [-0.15, -0.1) is 0 Å². The number of imidazole rings is 1. The molecule has 0 unspecified atom stereocenters.